The van der Waals surface area contributed by atoms with Crippen LogP contribution in [0.1, 0.15) is 74.1 Å². The highest BCUT2D eigenvalue weighted by Gasteiger charge is 2.35. The van der Waals surface area contributed by atoms with Crippen molar-refractivity contribution in [3.05, 3.63) is 89.0 Å². The number of piperidine rings is 1. The number of carbonyl (C=O) groups excluding carboxylic acids is 1. The standard InChI is InChI=1S/C33H35F6NO4S/c1-4-44-31(41)30(16-21(2)3)26-18-24(22-7-9-27(10-8-22)32(34,35)36)17-25(19-26)23-6-5-15-40(20-23)45(42,43)29-13-11-28(12-14-29)33(37,38)39/h7-14,17-19,21,23,30H,4-6,15-16,20H2,1-3H3. The smallest absolute Gasteiger partial charge is 0.416 e. The average Bonchev–Trinajstić information content (AvgIpc) is 2.99. The molecule has 0 N–H and O–H groups in total. The molecule has 5 nitrogen and oxygen atoms in total. The topological polar surface area (TPSA) is 63.7 Å². The van der Waals surface area contributed by atoms with Crippen molar-refractivity contribution in [3.63, 3.8) is 0 Å². The van der Waals surface area contributed by atoms with E-state index in [9.17, 15) is 39.6 Å². The van der Waals surface area contributed by atoms with Crippen LogP contribution < -0.4 is 0 Å². The van der Waals surface area contributed by atoms with Crippen LogP contribution in [0.5, 0.6) is 0 Å². The maximum atomic E-state index is 13.5. The van der Waals surface area contributed by atoms with Crippen molar-refractivity contribution < 1.29 is 44.3 Å². The van der Waals surface area contributed by atoms with E-state index in [0.29, 0.717) is 41.5 Å². The van der Waals surface area contributed by atoms with Gasteiger partial charge in [-0.3, -0.25) is 4.79 Å². The summed E-state index contributed by atoms with van der Waals surface area (Å²) in [5, 5.41) is 0. The van der Waals surface area contributed by atoms with Crippen molar-refractivity contribution in [1.29, 1.82) is 0 Å². The molecule has 0 aromatic heterocycles. The van der Waals surface area contributed by atoms with E-state index in [0.717, 1.165) is 36.4 Å². The van der Waals surface area contributed by atoms with Gasteiger partial charge in [-0.15, -0.1) is 0 Å². The number of hydrogen-bond donors (Lipinski definition) is 0. The molecule has 0 bridgehead atoms. The molecule has 45 heavy (non-hydrogen) atoms. The number of carbonyl (C=O) groups is 1. The van der Waals surface area contributed by atoms with Crippen molar-refractivity contribution in [1.82, 2.24) is 4.31 Å². The maximum Gasteiger partial charge on any atom is 0.416 e. The fraction of sp³-hybridized carbons (Fsp3) is 0.424. The Balaban J connectivity index is 1.74. The van der Waals surface area contributed by atoms with Gasteiger partial charge in [0.2, 0.25) is 10.0 Å². The maximum absolute atomic E-state index is 13.5. The van der Waals surface area contributed by atoms with Crippen molar-refractivity contribution in [2.75, 3.05) is 19.7 Å². The van der Waals surface area contributed by atoms with Gasteiger partial charge in [-0.05, 0) is 96.7 Å². The van der Waals surface area contributed by atoms with Crippen LogP contribution in [0.4, 0.5) is 26.3 Å². The molecule has 1 aliphatic heterocycles. The Morgan fingerprint density at radius 1 is 0.889 bits per heavy atom. The highest BCUT2D eigenvalue weighted by molar-refractivity contribution is 7.89. The van der Waals surface area contributed by atoms with Crippen molar-refractivity contribution in [2.45, 2.75) is 69.1 Å². The highest BCUT2D eigenvalue weighted by atomic mass is 32.2. The van der Waals surface area contributed by atoms with Gasteiger partial charge in [0.05, 0.1) is 28.5 Å². The second kappa shape index (κ2) is 13.5. The molecular weight excluding hydrogens is 620 g/mol. The summed E-state index contributed by atoms with van der Waals surface area (Å²) in [6.45, 7) is 5.98. The van der Waals surface area contributed by atoms with Gasteiger partial charge in [0.15, 0.2) is 0 Å². The number of benzene rings is 3. The lowest BCUT2D eigenvalue weighted by Crippen LogP contribution is -2.39. The van der Waals surface area contributed by atoms with Crippen LogP contribution in [0.3, 0.4) is 0 Å². The van der Waals surface area contributed by atoms with E-state index in [-0.39, 0.29) is 36.4 Å². The highest BCUT2D eigenvalue weighted by Crippen LogP contribution is 2.38. The first kappa shape index (κ1) is 34.5. The van der Waals surface area contributed by atoms with E-state index in [1.165, 1.54) is 16.4 Å². The molecule has 1 saturated heterocycles. The molecular formula is C33H35F6NO4S. The molecule has 2 unspecified atom stereocenters. The van der Waals surface area contributed by atoms with Crippen molar-refractivity contribution in [2.24, 2.45) is 5.92 Å². The second-order valence-corrected chi connectivity index (χ2v) is 13.6. The van der Waals surface area contributed by atoms with Gasteiger partial charge in [-0.25, -0.2) is 8.42 Å². The number of hydrogen-bond acceptors (Lipinski definition) is 4. The molecule has 0 aliphatic carbocycles. The summed E-state index contributed by atoms with van der Waals surface area (Å²) in [7, 11) is -4.12. The molecule has 0 spiro atoms. The summed E-state index contributed by atoms with van der Waals surface area (Å²) in [4.78, 5) is 12.8. The fourth-order valence-electron chi connectivity index (χ4n) is 5.61. The summed E-state index contributed by atoms with van der Waals surface area (Å²) in [5.41, 5.74) is 0.608. The van der Waals surface area contributed by atoms with E-state index in [1.807, 2.05) is 19.9 Å². The molecule has 12 heteroatoms. The third-order valence-corrected chi connectivity index (χ3v) is 9.76. The zero-order chi connectivity index (χ0) is 33.2. The van der Waals surface area contributed by atoms with Crippen LogP contribution in [0, 0.1) is 5.92 Å². The predicted molar refractivity (Wildman–Crippen MR) is 158 cm³/mol. The third kappa shape index (κ3) is 8.26. The van der Waals surface area contributed by atoms with E-state index >= 15 is 0 Å². The quantitative estimate of drug-likeness (QED) is 0.171. The Labute approximate surface area is 259 Å². The van der Waals surface area contributed by atoms with Crippen molar-refractivity contribution >= 4 is 16.0 Å². The molecule has 0 saturated carbocycles. The fourth-order valence-corrected chi connectivity index (χ4v) is 7.14. The molecule has 4 rings (SSSR count). The van der Waals surface area contributed by atoms with Gasteiger partial charge in [0.25, 0.3) is 0 Å². The molecule has 1 heterocycles. The Bertz CT molecular complexity index is 1580. The summed E-state index contributed by atoms with van der Waals surface area (Å²) in [6.07, 6.45) is -7.61. The van der Waals surface area contributed by atoms with Crippen LogP contribution in [0.25, 0.3) is 11.1 Å². The predicted octanol–water partition coefficient (Wildman–Crippen LogP) is 8.65. The van der Waals surface area contributed by atoms with Gasteiger partial charge in [-0.1, -0.05) is 44.2 Å². The number of nitrogens with zero attached hydrogens (tertiary/aromatic N) is 1. The van der Waals surface area contributed by atoms with Gasteiger partial charge >= 0.3 is 18.3 Å². The van der Waals surface area contributed by atoms with Crippen LogP contribution in [0.2, 0.25) is 0 Å². The number of rotatable bonds is 9. The first-order valence-corrected chi connectivity index (χ1v) is 16.1. The molecule has 1 aliphatic rings. The van der Waals surface area contributed by atoms with Crippen LogP contribution >= 0.6 is 0 Å². The minimum absolute atomic E-state index is 0.0352. The molecule has 3 aromatic rings. The first-order chi connectivity index (χ1) is 21.0. The van der Waals surface area contributed by atoms with Crippen LogP contribution in [-0.2, 0) is 31.9 Å². The van der Waals surface area contributed by atoms with Gasteiger partial charge in [-0.2, -0.15) is 30.6 Å². The normalized spacial score (nSPS) is 17.3. The summed E-state index contributed by atoms with van der Waals surface area (Å²) < 4.78 is 112. The lowest BCUT2D eigenvalue weighted by molar-refractivity contribution is -0.145. The minimum atomic E-state index is -4.61. The second-order valence-electron chi connectivity index (χ2n) is 11.6. The molecule has 2 atom stereocenters. The van der Waals surface area contributed by atoms with E-state index in [1.54, 1.807) is 19.1 Å². The summed E-state index contributed by atoms with van der Waals surface area (Å²) >= 11 is 0. The summed E-state index contributed by atoms with van der Waals surface area (Å²) in [5.74, 6) is -1.33. The third-order valence-electron chi connectivity index (χ3n) is 7.88. The average molecular weight is 656 g/mol. The largest absolute Gasteiger partial charge is 0.466 e. The Hall–Kier alpha value is -3.38. The Morgan fingerprint density at radius 3 is 2.00 bits per heavy atom. The molecule has 0 radical (unpaired) electrons. The van der Waals surface area contributed by atoms with Crippen LogP contribution in [-0.4, -0.2) is 38.4 Å². The van der Waals surface area contributed by atoms with Gasteiger partial charge in [0.1, 0.15) is 0 Å². The zero-order valence-electron chi connectivity index (χ0n) is 25.1. The lowest BCUT2D eigenvalue weighted by Gasteiger charge is -2.33. The molecule has 244 valence electrons. The SMILES string of the molecule is CCOC(=O)C(CC(C)C)c1cc(-c2ccc(C(F)(F)F)cc2)cc(C2CCCN(S(=O)(=O)c3ccc(C(F)(F)F)cc3)C2)c1. The number of halogens is 6. The Morgan fingerprint density at radius 2 is 1.47 bits per heavy atom. The first-order valence-electron chi connectivity index (χ1n) is 14.7. The van der Waals surface area contributed by atoms with E-state index in [2.05, 4.69) is 0 Å². The lowest BCUT2D eigenvalue weighted by atomic mass is 9.83. The number of sulfonamides is 1. The number of ether oxygens (including phenoxy) is 1. The van der Waals surface area contributed by atoms with E-state index < -0.39 is 45.4 Å². The van der Waals surface area contributed by atoms with Gasteiger partial charge in [0, 0.05) is 13.1 Å². The van der Waals surface area contributed by atoms with Crippen LogP contribution in [0.15, 0.2) is 71.6 Å². The summed E-state index contributed by atoms with van der Waals surface area (Å²) in [6, 6.07) is 13.4. The molecule has 0 amide bonds. The van der Waals surface area contributed by atoms with Gasteiger partial charge < -0.3 is 4.74 Å². The molecule has 3 aromatic carbocycles. The molecule has 1 fully saturated rings. The Kier molecular flexibility index (Phi) is 10.4. The number of esters is 1. The van der Waals surface area contributed by atoms with E-state index in [4.69, 9.17) is 4.74 Å². The zero-order valence-corrected chi connectivity index (χ0v) is 25.9. The monoisotopic (exact) mass is 655 g/mol. The minimum Gasteiger partial charge on any atom is -0.466 e. The number of alkyl halides is 6. The van der Waals surface area contributed by atoms with Crippen molar-refractivity contribution in [3.8, 4) is 11.1 Å².